The Morgan fingerprint density at radius 2 is 1.00 bits per heavy atom. The van der Waals surface area contributed by atoms with E-state index in [2.05, 4.69) is 119 Å². The topological polar surface area (TPSA) is 57.5 Å². The summed E-state index contributed by atoms with van der Waals surface area (Å²) in [6, 6.07) is 19.7. The van der Waals surface area contributed by atoms with E-state index in [1.165, 1.54) is 57.6 Å². The first-order valence-electron chi connectivity index (χ1n) is 13.4. The number of benzene rings is 3. The minimum Gasteiger partial charge on any atom is -0.508 e. The Balaban J connectivity index is 0.000000423. The summed E-state index contributed by atoms with van der Waals surface area (Å²) < 4.78 is 0. The van der Waals surface area contributed by atoms with Gasteiger partial charge in [0.25, 0.3) is 0 Å². The van der Waals surface area contributed by atoms with Gasteiger partial charge in [-0.2, -0.15) is 0 Å². The van der Waals surface area contributed by atoms with Crippen LogP contribution in [0.5, 0.6) is 5.75 Å². The minimum absolute atomic E-state index is 0.0741. The molecule has 206 valence electrons. The van der Waals surface area contributed by atoms with Crippen molar-refractivity contribution in [1.82, 2.24) is 0 Å². The maximum absolute atomic E-state index is 10.2. The van der Waals surface area contributed by atoms with Crippen LogP contribution in [0.15, 0.2) is 60.7 Å². The number of carbonyl (C=O) groups is 1. The Bertz CT molecular complexity index is 1220. The van der Waals surface area contributed by atoms with Crippen molar-refractivity contribution in [3.8, 4) is 16.9 Å². The van der Waals surface area contributed by atoms with Crippen molar-refractivity contribution in [2.75, 3.05) is 0 Å². The van der Waals surface area contributed by atoms with Crippen molar-refractivity contribution in [3.05, 3.63) is 88.5 Å². The van der Waals surface area contributed by atoms with Crippen LogP contribution in [0.1, 0.15) is 116 Å². The molecular formula is C35H48O3. The minimum atomic E-state index is -0.986. The first-order valence-corrected chi connectivity index (χ1v) is 13.4. The number of carboxylic acid groups (broad SMARTS) is 1. The molecule has 3 rings (SSSR count). The van der Waals surface area contributed by atoms with E-state index in [1.54, 1.807) is 0 Å². The van der Waals surface area contributed by atoms with Crippen LogP contribution in [0.2, 0.25) is 0 Å². The fraction of sp³-hybridized carbons (Fsp3) is 0.457. The van der Waals surface area contributed by atoms with Gasteiger partial charge >= 0.3 is 5.97 Å². The van der Waals surface area contributed by atoms with Gasteiger partial charge in [-0.3, -0.25) is 0 Å². The van der Waals surface area contributed by atoms with Crippen LogP contribution in [-0.2, 0) is 21.7 Å². The average molecular weight is 517 g/mol. The predicted octanol–water partition coefficient (Wildman–Crippen LogP) is 9.63. The van der Waals surface area contributed by atoms with Gasteiger partial charge in [-0.1, -0.05) is 119 Å². The summed E-state index contributed by atoms with van der Waals surface area (Å²) in [6.07, 6.45) is 0. The molecule has 3 heteroatoms. The van der Waals surface area contributed by atoms with Crippen molar-refractivity contribution in [2.45, 2.75) is 105 Å². The molecule has 3 nitrogen and oxygen atoms in total. The predicted molar refractivity (Wildman–Crippen MR) is 162 cm³/mol. The second-order valence-corrected chi connectivity index (χ2v) is 14.4. The summed E-state index contributed by atoms with van der Waals surface area (Å²) in [5, 5.41) is 17.1. The van der Waals surface area contributed by atoms with Gasteiger partial charge in [0.2, 0.25) is 0 Å². The van der Waals surface area contributed by atoms with E-state index in [4.69, 9.17) is 10.2 Å². The molecule has 0 radical (unpaired) electrons. The van der Waals surface area contributed by atoms with E-state index in [1.807, 2.05) is 0 Å². The Morgan fingerprint density at radius 1 is 0.553 bits per heavy atom. The van der Waals surface area contributed by atoms with Gasteiger partial charge in [-0.15, -0.1) is 0 Å². The van der Waals surface area contributed by atoms with E-state index in [-0.39, 0.29) is 33.0 Å². The molecule has 3 aromatic rings. The Labute approximate surface area is 231 Å². The van der Waals surface area contributed by atoms with E-state index in [0.717, 1.165) is 0 Å². The van der Waals surface area contributed by atoms with Crippen molar-refractivity contribution in [1.29, 1.82) is 0 Å². The van der Waals surface area contributed by atoms with Gasteiger partial charge in [0.05, 0.1) is 5.56 Å². The van der Waals surface area contributed by atoms with E-state index in [9.17, 15) is 4.79 Å². The number of hydrogen-bond donors (Lipinski definition) is 2. The van der Waals surface area contributed by atoms with E-state index in [0.29, 0.717) is 0 Å². The molecule has 0 heterocycles. The van der Waals surface area contributed by atoms with Crippen LogP contribution in [0.25, 0.3) is 11.1 Å². The van der Waals surface area contributed by atoms with Crippen LogP contribution in [0.3, 0.4) is 0 Å². The standard InChI is InChI=1S/C28H42.C7H6O3/c1-25(2,3)20-13-14-23(24(18-20)28(10,11)12)19-15-21(26(4,5)6)17-22(16-19)27(7,8)9;8-6-3-1-5(2-4-6)7(9)10/h13-18H,1-12H3;1-4,8H,(H,9,10). The van der Waals surface area contributed by atoms with Gasteiger partial charge in [0, 0.05) is 0 Å². The molecule has 0 unspecified atom stereocenters. The second kappa shape index (κ2) is 11.0. The van der Waals surface area contributed by atoms with Crippen LogP contribution >= 0.6 is 0 Å². The van der Waals surface area contributed by atoms with Gasteiger partial charge < -0.3 is 10.2 Å². The fourth-order valence-electron chi connectivity index (χ4n) is 4.14. The van der Waals surface area contributed by atoms with Crippen LogP contribution in [-0.4, -0.2) is 16.2 Å². The van der Waals surface area contributed by atoms with Gasteiger partial charge in [-0.25, -0.2) is 4.79 Å². The Kier molecular flexibility index (Phi) is 8.99. The van der Waals surface area contributed by atoms with Crippen molar-refractivity contribution < 1.29 is 15.0 Å². The number of phenols is 1. The molecule has 0 bridgehead atoms. The molecule has 0 fully saturated rings. The first-order chi connectivity index (χ1) is 17.1. The molecule has 0 aliphatic heterocycles. The number of phenolic OH excluding ortho intramolecular Hbond substituents is 1. The zero-order valence-electron chi connectivity index (χ0n) is 25.6. The summed E-state index contributed by atoms with van der Waals surface area (Å²) >= 11 is 0. The molecule has 38 heavy (non-hydrogen) atoms. The van der Waals surface area contributed by atoms with Crippen LogP contribution in [0.4, 0.5) is 0 Å². The molecule has 0 aliphatic carbocycles. The highest BCUT2D eigenvalue weighted by Gasteiger charge is 2.25. The summed E-state index contributed by atoms with van der Waals surface area (Å²) in [6.45, 7) is 27.8. The molecule has 0 aromatic heterocycles. The monoisotopic (exact) mass is 516 g/mol. The SMILES string of the molecule is CC(C)(C)c1cc(-c2ccc(C(C)(C)C)cc2C(C)(C)C)cc(C(C)(C)C)c1.O=C(O)c1ccc(O)cc1. The molecule has 2 N–H and O–H groups in total. The maximum Gasteiger partial charge on any atom is 0.335 e. The van der Waals surface area contributed by atoms with Crippen molar-refractivity contribution in [3.63, 3.8) is 0 Å². The van der Waals surface area contributed by atoms with Gasteiger partial charge in [0.15, 0.2) is 0 Å². The third-order valence-corrected chi connectivity index (χ3v) is 6.78. The largest absolute Gasteiger partial charge is 0.508 e. The lowest BCUT2D eigenvalue weighted by molar-refractivity contribution is 0.0697. The lowest BCUT2D eigenvalue weighted by Gasteiger charge is -2.30. The van der Waals surface area contributed by atoms with Crippen molar-refractivity contribution >= 4 is 5.97 Å². The number of aromatic carboxylic acids is 1. The highest BCUT2D eigenvalue weighted by atomic mass is 16.4. The molecular weight excluding hydrogens is 468 g/mol. The molecule has 0 saturated heterocycles. The lowest BCUT2D eigenvalue weighted by atomic mass is 9.75. The lowest BCUT2D eigenvalue weighted by Crippen LogP contribution is -2.19. The zero-order valence-corrected chi connectivity index (χ0v) is 25.6. The second-order valence-electron chi connectivity index (χ2n) is 14.4. The van der Waals surface area contributed by atoms with Crippen LogP contribution < -0.4 is 0 Å². The summed E-state index contributed by atoms with van der Waals surface area (Å²) in [5.74, 6) is -0.912. The number of hydrogen-bond acceptors (Lipinski definition) is 2. The number of aromatic hydroxyl groups is 1. The number of rotatable bonds is 2. The molecule has 0 atom stereocenters. The highest BCUT2D eigenvalue weighted by Crippen LogP contribution is 2.40. The quantitative estimate of drug-likeness (QED) is 0.356. The molecule has 0 aliphatic rings. The van der Waals surface area contributed by atoms with Gasteiger partial charge in [-0.05, 0) is 79.3 Å². The normalized spacial score (nSPS) is 12.5. The molecule has 0 saturated carbocycles. The van der Waals surface area contributed by atoms with Crippen molar-refractivity contribution in [2.24, 2.45) is 0 Å². The summed E-state index contributed by atoms with van der Waals surface area (Å²) in [5.41, 5.74) is 9.07. The summed E-state index contributed by atoms with van der Waals surface area (Å²) in [4.78, 5) is 10.2. The Morgan fingerprint density at radius 3 is 1.37 bits per heavy atom. The maximum atomic E-state index is 10.2. The van der Waals surface area contributed by atoms with E-state index >= 15 is 0 Å². The van der Waals surface area contributed by atoms with E-state index < -0.39 is 5.97 Å². The third-order valence-electron chi connectivity index (χ3n) is 6.78. The first kappa shape index (κ1) is 31.1. The highest BCUT2D eigenvalue weighted by molar-refractivity contribution is 5.87. The zero-order chi connectivity index (χ0) is 29.3. The third kappa shape index (κ3) is 8.21. The molecule has 0 amide bonds. The fourth-order valence-corrected chi connectivity index (χ4v) is 4.14. The van der Waals surface area contributed by atoms with Gasteiger partial charge in [0.1, 0.15) is 5.75 Å². The van der Waals surface area contributed by atoms with Crippen LogP contribution in [0, 0.1) is 0 Å². The summed E-state index contributed by atoms with van der Waals surface area (Å²) in [7, 11) is 0. The molecule has 3 aromatic carbocycles. The Hall–Kier alpha value is -3.07. The number of carboxylic acids is 1. The average Bonchev–Trinajstić information content (AvgIpc) is 2.77. The molecule has 0 spiro atoms. The smallest absolute Gasteiger partial charge is 0.335 e.